The van der Waals surface area contributed by atoms with Crippen LogP contribution in [0.1, 0.15) is 18.2 Å². The Bertz CT molecular complexity index is 395. The third kappa shape index (κ3) is 2.25. The molecule has 1 saturated heterocycles. The molecule has 0 radical (unpaired) electrons. The molecule has 0 saturated carbocycles. The van der Waals surface area contributed by atoms with Gasteiger partial charge in [0.15, 0.2) is 0 Å². The number of amides is 1. The van der Waals surface area contributed by atoms with E-state index in [-0.39, 0.29) is 12.1 Å². The van der Waals surface area contributed by atoms with E-state index in [1.54, 1.807) is 6.07 Å². The van der Waals surface area contributed by atoms with Gasteiger partial charge in [-0.1, -0.05) is 35.3 Å². The molecule has 0 aliphatic carbocycles. The van der Waals surface area contributed by atoms with E-state index in [1.807, 2.05) is 12.1 Å². The standard InChI is InChI=1S/C10H10Cl2N2O/c11-7-3-1-2-6(9(7)12)10-13-5-4-8(15)14-10/h1-3,10,13H,4-5H2,(H,14,15)/t10-/m1/s1. The smallest absolute Gasteiger partial charge is 0.222 e. The van der Waals surface area contributed by atoms with Gasteiger partial charge in [0.2, 0.25) is 5.91 Å². The maximum absolute atomic E-state index is 11.2. The minimum atomic E-state index is -0.238. The average Bonchev–Trinajstić information content (AvgIpc) is 2.22. The fourth-order valence-corrected chi connectivity index (χ4v) is 1.96. The molecule has 2 N–H and O–H groups in total. The highest BCUT2D eigenvalue weighted by Crippen LogP contribution is 2.29. The first-order valence-corrected chi connectivity index (χ1v) is 5.41. The fraction of sp³-hybridized carbons (Fsp3) is 0.300. The Hall–Kier alpha value is -0.770. The molecule has 1 amide bonds. The molecule has 0 unspecified atom stereocenters. The number of halogens is 2. The molecule has 15 heavy (non-hydrogen) atoms. The number of nitrogens with one attached hydrogen (secondary N) is 2. The summed E-state index contributed by atoms with van der Waals surface area (Å²) in [5.41, 5.74) is 0.803. The van der Waals surface area contributed by atoms with Crippen LogP contribution in [0.25, 0.3) is 0 Å². The number of carbonyl (C=O) groups excluding carboxylic acids is 1. The minimum Gasteiger partial charge on any atom is -0.337 e. The zero-order valence-electron chi connectivity index (χ0n) is 7.89. The van der Waals surface area contributed by atoms with E-state index in [4.69, 9.17) is 23.2 Å². The Morgan fingerprint density at radius 3 is 2.87 bits per heavy atom. The van der Waals surface area contributed by atoms with Gasteiger partial charge in [0.05, 0.1) is 10.0 Å². The lowest BCUT2D eigenvalue weighted by molar-refractivity contribution is -0.123. The molecular weight excluding hydrogens is 235 g/mol. The molecule has 1 aromatic rings. The van der Waals surface area contributed by atoms with Crippen molar-refractivity contribution in [2.24, 2.45) is 0 Å². The van der Waals surface area contributed by atoms with Crippen LogP contribution in [-0.4, -0.2) is 12.5 Å². The van der Waals surface area contributed by atoms with E-state index >= 15 is 0 Å². The van der Waals surface area contributed by atoms with Gasteiger partial charge in [-0.2, -0.15) is 0 Å². The molecular formula is C10H10Cl2N2O. The predicted octanol–water partition coefficient (Wildman–Crippen LogP) is 2.10. The predicted molar refractivity (Wildman–Crippen MR) is 60.0 cm³/mol. The first-order chi connectivity index (χ1) is 7.18. The SMILES string of the molecule is O=C1CCN[C@@H](c2cccc(Cl)c2Cl)N1. The highest BCUT2D eigenvalue weighted by Gasteiger charge is 2.21. The molecule has 0 spiro atoms. The largest absolute Gasteiger partial charge is 0.337 e. The van der Waals surface area contributed by atoms with Crippen LogP contribution in [-0.2, 0) is 4.79 Å². The summed E-state index contributed by atoms with van der Waals surface area (Å²) in [6.07, 6.45) is 0.256. The van der Waals surface area contributed by atoms with Gasteiger partial charge < -0.3 is 5.32 Å². The second-order valence-electron chi connectivity index (χ2n) is 3.35. The van der Waals surface area contributed by atoms with Gasteiger partial charge in [0.1, 0.15) is 6.17 Å². The molecule has 0 bridgehead atoms. The lowest BCUT2D eigenvalue weighted by Crippen LogP contribution is -2.44. The molecule has 1 fully saturated rings. The van der Waals surface area contributed by atoms with Crippen LogP contribution >= 0.6 is 23.2 Å². The summed E-state index contributed by atoms with van der Waals surface area (Å²) >= 11 is 11.9. The Morgan fingerprint density at radius 1 is 1.33 bits per heavy atom. The van der Waals surface area contributed by atoms with Gasteiger partial charge in [-0.05, 0) is 6.07 Å². The fourth-order valence-electron chi connectivity index (χ4n) is 1.55. The van der Waals surface area contributed by atoms with E-state index in [1.165, 1.54) is 0 Å². The van der Waals surface area contributed by atoms with Crippen molar-refractivity contribution in [3.05, 3.63) is 33.8 Å². The van der Waals surface area contributed by atoms with Crippen LogP contribution in [0.4, 0.5) is 0 Å². The summed E-state index contributed by atoms with van der Waals surface area (Å²) in [7, 11) is 0. The quantitative estimate of drug-likeness (QED) is 0.795. The lowest BCUT2D eigenvalue weighted by atomic mass is 10.1. The highest BCUT2D eigenvalue weighted by molar-refractivity contribution is 6.42. The lowest BCUT2D eigenvalue weighted by Gasteiger charge is -2.26. The van der Waals surface area contributed by atoms with Gasteiger partial charge in [-0.3, -0.25) is 10.1 Å². The molecule has 80 valence electrons. The van der Waals surface area contributed by atoms with E-state index in [0.29, 0.717) is 23.0 Å². The number of rotatable bonds is 1. The van der Waals surface area contributed by atoms with Crippen molar-refractivity contribution in [1.82, 2.24) is 10.6 Å². The molecule has 5 heteroatoms. The third-order valence-corrected chi connectivity index (χ3v) is 3.13. The van der Waals surface area contributed by atoms with E-state index in [2.05, 4.69) is 10.6 Å². The zero-order valence-corrected chi connectivity index (χ0v) is 9.40. The van der Waals surface area contributed by atoms with Gasteiger partial charge >= 0.3 is 0 Å². The third-order valence-electron chi connectivity index (χ3n) is 2.30. The zero-order chi connectivity index (χ0) is 10.8. The van der Waals surface area contributed by atoms with Crippen molar-refractivity contribution >= 4 is 29.1 Å². The Morgan fingerprint density at radius 2 is 2.13 bits per heavy atom. The van der Waals surface area contributed by atoms with Crippen molar-refractivity contribution < 1.29 is 4.79 Å². The van der Waals surface area contributed by atoms with E-state index in [9.17, 15) is 4.79 Å². The summed E-state index contributed by atoms with van der Waals surface area (Å²) in [6, 6.07) is 5.38. The summed E-state index contributed by atoms with van der Waals surface area (Å²) < 4.78 is 0. The second-order valence-corrected chi connectivity index (χ2v) is 4.13. The minimum absolute atomic E-state index is 0.0230. The van der Waals surface area contributed by atoms with Crippen LogP contribution in [0.2, 0.25) is 10.0 Å². The summed E-state index contributed by atoms with van der Waals surface area (Å²) in [6.45, 7) is 0.652. The molecule has 1 aliphatic rings. The first-order valence-electron chi connectivity index (χ1n) is 4.65. The van der Waals surface area contributed by atoms with Crippen molar-refractivity contribution in [3.63, 3.8) is 0 Å². The maximum Gasteiger partial charge on any atom is 0.222 e. The first kappa shape index (κ1) is 10.7. The average molecular weight is 245 g/mol. The topological polar surface area (TPSA) is 41.1 Å². The van der Waals surface area contributed by atoms with Crippen LogP contribution in [0.5, 0.6) is 0 Å². The van der Waals surface area contributed by atoms with Crippen molar-refractivity contribution in [3.8, 4) is 0 Å². The normalized spacial score (nSPS) is 21.2. The van der Waals surface area contributed by atoms with Gasteiger partial charge in [0, 0.05) is 18.5 Å². The number of hydrogen-bond acceptors (Lipinski definition) is 2. The maximum atomic E-state index is 11.2. The summed E-state index contributed by atoms with van der Waals surface area (Å²) in [5.74, 6) is 0.0230. The van der Waals surface area contributed by atoms with Crippen molar-refractivity contribution in [1.29, 1.82) is 0 Å². The van der Waals surface area contributed by atoms with Crippen LogP contribution < -0.4 is 10.6 Å². The molecule has 1 aromatic carbocycles. The van der Waals surface area contributed by atoms with Gasteiger partial charge in [0.25, 0.3) is 0 Å². The van der Waals surface area contributed by atoms with E-state index < -0.39 is 0 Å². The van der Waals surface area contributed by atoms with Gasteiger partial charge in [-0.15, -0.1) is 0 Å². The molecule has 0 aromatic heterocycles. The monoisotopic (exact) mass is 244 g/mol. The second kappa shape index (κ2) is 4.39. The van der Waals surface area contributed by atoms with E-state index in [0.717, 1.165) is 5.56 Å². The van der Waals surface area contributed by atoms with Crippen LogP contribution in [0.3, 0.4) is 0 Å². The Kier molecular flexibility index (Phi) is 3.14. The number of carbonyl (C=O) groups is 1. The summed E-state index contributed by atoms with van der Waals surface area (Å²) in [5, 5.41) is 6.95. The molecule has 1 atom stereocenters. The number of hydrogen-bond donors (Lipinski definition) is 2. The van der Waals surface area contributed by atoms with Crippen LogP contribution in [0, 0.1) is 0 Å². The van der Waals surface area contributed by atoms with Gasteiger partial charge in [-0.25, -0.2) is 0 Å². The molecule has 2 rings (SSSR count). The molecule has 1 aliphatic heterocycles. The Labute approximate surface area is 97.8 Å². The summed E-state index contributed by atoms with van der Waals surface area (Å²) in [4.78, 5) is 11.2. The number of benzene rings is 1. The molecule has 1 heterocycles. The molecule has 3 nitrogen and oxygen atoms in total. The van der Waals surface area contributed by atoms with Crippen LogP contribution in [0.15, 0.2) is 18.2 Å². The Balaban J connectivity index is 2.28. The van der Waals surface area contributed by atoms with Crippen molar-refractivity contribution in [2.75, 3.05) is 6.54 Å². The van der Waals surface area contributed by atoms with Crippen molar-refractivity contribution in [2.45, 2.75) is 12.6 Å². The highest BCUT2D eigenvalue weighted by atomic mass is 35.5.